The van der Waals surface area contributed by atoms with Crippen LogP contribution in [0.25, 0.3) is 0 Å². The molecule has 0 aromatic heterocycles. The summed E-state index contributed by atoms with van der Waals surface area (Å²) in [6.45, 7) is 5.34. The fourth-order valence-electron chi connectivity index (χ4n) is 3.85. The molecule has 1 N–H and O–H groups in total. The minimum absolute atomic E-state index is 0.156. The minimum Gasteiger partial charge on any atom is -0.324 e. The number of urea groups is 1. The number of aryl methyl sites for hydroxylation is 1. The highest BCUT2D eigenvalue weighted by Crippen LogP contribution is 2.31. The number of amides is 5. The van der Waals surface area contributed by atoms with Gasteiger partial charge in [-0.05, 0) is 49.8 Å². The van der Waals surface area contributed by atoms with E-state index in [2.05, 4.69) is 5.32 Å². The number of nitrogens with one attached hydrogen (secondary N) is 1. The zero-order valence-electron chi connectivity index (χ0n) is 15.9. The van der Waals surface area contributed by atoms with Crippen LogP contribution in [0.3, 0.4) is 0 Å². The molecule has 1 aromatic rings. The number of benzene rings is 1. The Hall–Kier alpha value is -2.70. The third-order valence-electron chi connectivity index (χ3n) is 5.66. The molecular weight excluding hydrogens is 346 g/mol. The Labute approximate surface area is 158 Å². The van der Waals surface area contributed by atoms with Gasteiger partial charge in [-0.2, -0.15) is 0 Å². The average Bonchev–Trinajstić information content (AvgIpc) is 2.83. The van der Waals surface area contributed by atoms with Crippen molar-refractivity contribution in [2.45, 2.75) is 52.5 Å². The molecule has 2 fully saturated rings. The van der Waals surface area contributed by atoms with Crippen LogP contribution in [0.5, 0.6) is 0 Å². The predicted molar refractivity (Wildman–Crippen MR) is 99.9 cm³/mol. The van der Waals surface area contributed by atoms with Crippen molar-refractivity contribution in [1.29, 1.82) is 0 Å². The standard InChI is InChI=1S/C20H25N3O4/c1-12-8-6-9-15(14(12)3)21-17(24)11-22-18(25)19(26)23(20(22)27)16-10-5-4-7-13(16)2/h6,8-9,13,16H,4-5,7,10-11H2,1-3H3,(H,21,24)/t13-,16+/m0/s1. The maximum absolute atomic E-state index is 12.7. The third kappa shape index (κ3) is 3.59. The van der Waals surface area contributed by atoms with E-state index in [1.54, 1.807) is 6.07 Å². The molecule has 5 amide bonds. The Bertz CT molecular complexity index is 804. The van der Waals surface area contributed by atoms with Crippen molar-refractivity contribution in [1.82, 2.24) is 9.80 Å². The first kappa shape index (κ1) is 19.1. The first-order chi connectivity index (χ1) is 12.8. The SMILES string of the molecule is Cc1cccc(NC(=O)CN2C(=O)C(=O)N([C@@H]3CCCC[C@@H]3C)C2=O)c1C. The third-order valence-corrected chi connectivity index (χ3v) is 5.66. The molecule has 0 spiro atoms. The summed E-state index contributed by atoms with van der Waals surface area (Å²) in [6, 6.07) is 4.56. The topological polar surface area (TPSA) is 86.8 Å². The summed E-state index contributed by atoms with van der Waals surface area (Å²) < 4.78 is 0. The number of carbonyl (C=O) groups excluding carboxylic acids is 4. The lowest BCUT2D eigenvalue weighted by Gasteiger charge is -2.34. The number of hydrogen-bond acceptors (Lipinski definition) is 4. The van der Waals surface area contributed by atoms with Crippen molar-refractivity contribution in [3.8, 4) is 0 Å². The highest BCUT2D eigenvalue weighted by molar-refractivity contribution is 6.45. The van der Waals surface area contributed by atoms with Crippen LogP contribution in [0.2, 0.25) is 0 Å². The zero-order valence-corrected chi connectivity index (χ0v) is 15.9. The Morgan fingerprint density at radius 1 is 1.11 bits per heavy atom. The number of anilines is 1. The van der Waals surface area contributed by atoms with Gasteiger partial charge in [-0.1, -0.05) is 31.9 Å². The van der Waals surface area contributed by atoms with E-state index in [0.717, 1.165) is 40.2 Å². The number of hydrogen-bond donors (Lipinski definition) is 1. The normalized spacial score (nSPS) is 23.1. The van der Waals surface area contributed by atoms with Gasteiger partial charge < -0.3 is 5.32 Å². The molecule has 1 heterocycles. The van der Waals surface area contributed by atoms with E-state index < -0.39 is 30.3 Å². The molecule has 3 rings (SSSR count). The molecule has 7 heteroatoms. The molecule has 0 unspecified atom stereocenters. The Morgan fingerprint density at radius 3 is 2.52 bits per heavy atom. The van der Waals surface area contributed by atoms with Gasteiger partial charge in [0.15, 0.2) is 0 Å². The molecule has 1 saturated heterocycles. The van der Waals surface area contributed by atoms with E-state index in [9.17, 15) is 19.2 Å². The molecule has 1 aliphatic heterocycles. The van der Waals surface area contributed by atoms with Gasteiger partial charge in [0.05, 0.1) is 0 Å². The lowest BCUT2D eigenvalue weighted by molar-refractivity contribution is -0.145. The monoisotopic (exact) mass is 371 g/mol. The van der Waals surface area contributed by atoms with E-state index in [4.69, 9.17) is 0 Å². The van der Waals surface area contributed by atoms with E-state index in [-0.39, 0.29) is 12.0 Å². The lowest BCUT2D eigenvalue weighted by atomic mass is 9.85. The van der Waals surface area contributed by atoms with Crippen LogP contribution in [0, 0.1) is 19.8 Å². The van der Waals surface area contributed by atoms with Gasteiger partial charge in [0.25, 0.3) is 0 Å². The van der Waals surface area contributed by atoms with Gasteiger partial charge in [-0.25, -0.2) is 9.69 Å². The summed E-state index contributed by atoms with van der Waals surface area (Å²) in [5.74, 6) is -2.09. The summed E-state index contributed by atoms with van der Waals surface area (Å²) in [5.41, 5.74) is 2.57. The minimum atomic E-state index is -0.922. The molecule has 144 valence electrons. The summed E-state index contributed by atoms with van der Waals surface area (Å²) >= 11 is 0. The van der Waals surface area contributed by atoms with Crippen LogP contribution in [0.15, 0.2) is 18.2 Å². The second kappa shape index (κ2) is 7.50. The molecule has 1 aromatic carbocycles. The maximum Gasteiger partial charge on any atom is 0.334 e. The van der Waals surface area contributed by atoms with Crippen molar-refractivity contribution >= 4 is 29.4 Å². The highest BCUT2D eigenvalue weighted by atomic mass is 16.2. The first-order valence-electron chi connectivity index (χ1n) is 9.36. The van der Waals surface area contributed by atoms with Gasteiger partial charge in [0, 0.05) is 11.7 Å². The quantitative estimate of drug-likeness (QED) is 0.651. The van der Waals surface area contributed by atoms with Crippen molar-refractivity contribution in [2.24, 2.45) is 5.92 Å². The van der Waals surface area contributed by atoms with E-state index in [1.165, 1.54) is 0 Å². The van der Waals surface area contributed by atoms with Crippen LogP contribution < -0.4 is 5.32 Å². The number of nitrogens with zero attached hydrogens (tertiary/aromatic N) is 2. The van der Waals surface area contributed by atoms with Crippen LogP contribution in [0.1, 0.15) is 43.7 Å². The smallest absolute Gasteiger partial charge is 0.324 e. The van der Waals surface area contributed by atoms with Gasteiger partial charge in [0.2, 0.25) is 5.91 Å². The average molecular weight is 371 g/mol. The fourth-order valence-corrected chi connectivity index (χ4v) is 3.85. The summed E-state index contributed by atoms with van der Waals surface area (Å²) in [6.07, 6.45) is 3.61. The van der Waals surface area contributed by atoms with Gasteiger partial charge in [0.1, 0.15) is 6.54 Å². The fraction of sp³-hybridized carbons (Fsp3) is 0.500. The number of rotatable bonds is 4. The van der Waals surface area contributed by atoms with Gasteiger partial charge in [-0.15, -0.1) is 0 Å². The summed E-state index contributed by atoms with van der Waals surface area (Å²) in [7, 11) is 0. The number of carbonyl (C=O) groups is 4. The van der Waals surface area contributed by atoms with E-state index >= 15 is 0 Å². The van der Waals surface area contributed by atoms with Gasteiger partial charge in [-0.3, -0.25) is 19.3 Å². The van der Waals surface area contributed by atoms with Crippen LogP contribution in [0.4, 0.5) is 10.5 Å². The molecular formula is C20H25N3O4. The van der Waals surface area contributed by atoms with Crippen molar-refractivity contribution < 1.29 is 19.2 Å². The molecule has 2 aliphatic rings. The van der Waals surface area contributed by atoms with Crippen molar-refractivity contribution in [3.05, 3.63) is 29.3 Å². The predicted octanol–water partition coefficient (Wildman–Crippen LogP) is 2.61. The molecule has 27 heavy (non-hydrogen) atoms. The lowest BCUT2D eigenvalue weighted by Crippen LogP contribution is -2.46. The van der Waals surface area contributed by atoms with Crippen molar-refractivity contribution in [2.75, 3.05) is 11.9 Å². The van der Waals surface area contributed by atoms with Crippen LogP contribution in [-0.2, 0) is 14.4 Å². The Morgan fingerprint density at radius 2 is 1.81 bits per heavy atom. The molecule has 1 aliphatic carbocycles. The highest BCUT2D eigenvalue weighted by Gasteiger charge is 2.49. The second-order valence-electron chi connectivity index (χ2n) is 7.47. The van der Waals surface area contributed by atoms with Crippen molar-refractivity contribution in [3.63, 3.8) is 0 Å². The zero-order chi connectivity index (χ0) is 19.7. The van der Waals surface area contributed by atoms with Crippen LogP contribution >= 0.6 is 0 Å². The summed E-state index contributed by atoms with van der Waals surface area (Å²) in [4.78, 5) is 51.6. The largest absolute Gasteiger partial charge is 0.334 e. The van der Waals surface area contributed by atoms with Gasteiger partial charge >= 0.3 is 17.8 Å². The molecule has 2 atom stereocenters. The van der Waals surface area contributed by atoms with Crippen LogP contribution in [-0.4, -0.2) is 46.1 Å². The van der Waals surface area contributed by atoms with E-state index in [0.29, 0.717) is 12.1 Å². The molecule has 7 nitrogen and oxygen atoms in total. The second-order valence-corrected chi connectivity index (χ2v) is 7.47. The summed E-state index contributed by atoms with van der Waals surface area (Å²) in [5, 5.41) is 2.72. The molecule has 1 saturated carbocycles. The first-order valence-corrected chi connectivity index (χ1v) is 9.36. The van der Waals surface area contributed by atoms with E-state index in [1.807, 2.05) is 32.9 Å². The molecule has 0 radical (unpaired) electrons. The number of imide groups is 2. The molecule has 0 bridgehead atoms. The maximum atomic E-state index is 12.7. The Kier molecular flexibility index (Phi) is 5.30. The Balaban J connectivity index is 1.72.